The van der Waals surface area contributed by atoms with E-state index in [2.05, 4.69) is 25.3 Å². The third-order valence-corrected chi connectivity index (χ3v) is 8.06. The molecule has 0 radical (unpaired) electrons. The number of alkyl halides is 3. The normalized spacial score (nSPS) is 13.4. The van der Waals surface area contributed by atoms with E-state index < -0.39 is 29.0 Å². The molecule has 0 atom stereocenters. The molecule has 0 aliphatic carbocycles. The first-order valence-corrected chi connectivity index (χ1v) is 14.8. The summed E-state index contributed by atoms with van der Waals surface area (Å²) in [5.74, 6) is -1.00. The van der Waals surface area contributed by atoms with Crippen LogP contribution in [0, 0.1) is 6.92 Å². The summed E-state index contributed by atoms with van der Waals surface area (Å²) in [6, 6.07) is 2.62. The highest BCUT2D eigenvalue weighted by molar-refractivity contribution is 6.33. The van der Waals surface area contributed by atoms with Gasteiger partial charge in [0.25, 0.3) is 5.91 Å². The molecule has 4 heterocycles. The number of aromatic hydroxyl groups is 1. The molecule has 0 fully saturated rings. The van der Waals surface area contributed by atoms with Crippen LogP contribution in [0.15, 0.2) is 41.6 Å². The minimum absolute atomic E-state index is 0.0149. The van der Waals surface area contributed by atoms with Gasteiger partial charge < -0.3 is 24.8 Å². The van der Waals surface area contributed by atoms with E-state index in [9.17, 15) is 32.7 Å². The Hall–Kier alpha value is -5.05. The summed E-state index contributed by atoms with van der Waals surface area (Å²) in [7, 11) is 3.48. The maximum atomic E-state index is 14.1. The van der Waals surface area contributed by atoms with Gasteiger partial charge in [0, 0.05) is 38.4 Å². The molecule has 2 amide bonds. The lowest BCUT2D eigenvalue weighted by atomic mass is 9.95. The molecule has 0 saturated carbocycles. The van der Waals surface area contributed by atoms with Gasteiger partial charge in [-0.1, -0.05) is 24.6 Å². The van der Waals surface area contributed by atoms with E-state index in [0.29, 0.717) is 29.1 Å². The highest BCUT2D eigenvalue weighted by atomic mass is 35.5. The van der Waals surface area contributed by atoms with E-state index in [0.717, 1.165) is 18.2 Å². The van der Waals surface area contributed by atoms with Crippen LogP contribution in [0.1, 0.15) is 46.3 Å². The Morgan fingerprint density at radius 3 is 2.53 bits per heavy atom. The van der Waals surface area contributed by atoms with Gasteiger partial charge in [0.1, 0.15) is 18.7 Å². The minimum atomic E-state index is -4.60. The predicted octanol–water partition coefficient (Wildman–Crippen LogP) is 4.46. The first-order chi connectivity index (χ1) is 22.2. The number of hydrogen-bond donors (Lipinski definition) is 2. The molecule has 246 valence electrons. The molecule has 0 saturated heterocycles. The molecule has 2 N–H and O–H groups in total. The highest BCUT2D eigenvalue weighted by Gasteiger charge is 2.31. The second kappa shape index (κ2) is 13.0. The van der Waals surface area contributed by atoms with Gasteiger partial charge in [-0.3, -0.25) is 14.4 Å². The molecule has 47 heavy (non-hydrogen) atoms. The molecule has 0 unspecified atom stereocenters. The number of benzene rings is 1. The van der Waals surface area contributed by atoms with Crippen molar-refractivity contribution in [3.05, 3.63) is 80.3 Å². The Morgan fingerprint density at radius 2 is 1.91 bits per heavy atom. The van der Waals surface area contributed by atoms with E-state index in [-0.39, 0.29) is 65.1 Å². The van der Waals surface area contributed by atoms with E-state index in [1.54, 1.807) is 36.6 Å². The fourth-order valence-electron chi connectivity index (χ4n) is 5.30. The SMILES string of the molecule is CCc1c(C2=CCN(C(=O)c3ncnc(C)c3O)CC2)c(=O)c2nc(N(C)C)cnc2n1CC(=O)Nc1ccc(C(F)(F)F)cc1Cl. The number of rotatable bonds is 7. The fraction of sp³-hybridized carbons (Fsp3) is 0.323. The van der Waals surface area contributed by atoms with Crippen molar-refractivity contribution in [2.24, 2.45) is 0 Å². The van der Waals surface area contributed by atoms with Crippen LogP contribution >= 0.6 is 11.6 Å². The summed E-state index contributed by atoms with van der Waals surface area (Å²) in [6.45, 7) is 3.34. The van der Waals surface area contributed by atoms with Gasteiger partial charge in [-0.25, -0.2) is 19.9 Å². The van der Waals surface area contributed by atoms with Gasteiger partial charge in [-0.2, -0.15) is 13.2 Å². The lowest BCUT2D eigenvalue weighted by molar-refractivity contribution is -0.137. The van der Waals surface area contributed by atoms with Crippen LogP contribution < -0.4 is 15.6 Å². The van der Waals surface area contributed by atoms with Crippen molar-refractivity contribution in [2.75, 3.05) is 37.4 Å². The Balaban J connectivity index is 1.54. The number of halogens is 4. The zero-order valence-corrected chi connectivity index (χ0v) is 26.6. The molecule has 12 nitrogen and oxygen atoms in total. The zero-order valence-electron chi connectivity index (χ0n) is 25.8. The first-order valence-electron chi connectivity index (χ1n) is 14.5. The van der Waals surface area contributed by atoms with Gasteiger partial charge in [-0.05, 0) is 43.5 Å². The summed E-state index contributed by atoms with van der Waals surface area (Å²) in [5, 5.41) is 12.6. The molecule has 1 aliphatic rings. The van der Waals surface area contributed by atoms with Crippen LogP contribution in [0.3, 0.4) is 0 Å². The van der Waals surface area contributed by atoms with Crippen molar-refractivity contribution in [1.82, 2.24) is 29.4 Å². The van der Waals surface area contributed by atoms with Crippen LogP contribution in [0.2, 0.25) is 5.02 Å². The number of pyridine rings is 1. The molecule has 0 spiro atoms. The largest absolute Gasteiger partial charge is 0.504 e. The van der Waals surface area contributed by atoms with Gasteiger partial charge in [0.15, 0.2) is 22.6 Å². The molecule has 5 rings (SSSR count). The number of carbonyl (C=O) groups excluding carboxylic acids is 2. The number of hydrogen-bond acceptors (Lipinski definition) is 9. The van der Waals surface area contributed by atoms with E-state index in [1.807, 2.05) is 6.92 Å². The maximum Gasteiger partial charge on any atom is 0.416 e. The summed E-state index contributed by atoms with van der Waals surface area (Å²) in [5.41, 5.74) is 0.383. The van der Waals surface area contributed by atoms with Gasteiger partial charge in [0.2, 0.25) is 11.3 Å². The molecule has 1 aromatic carbocycles. The summed E-state index contributed by atoms with van der Waals surface area (Å²) in [4.78, 5) is 60.6. The number of aryl methyl sites for hydroxylation is 1. The van der Waals surface area contributed by atoms with E-state index in [4.69, 9.17) is 11.6 Å². The lowest BCUT2D eigenvalue weighted by Crippen LogP contribution is -2.36. The van der Waals surface area contributed by atoms with Gasteiger partial charge >= 0.3 is 6.18 Å². The second-order valence-corrected chi connectivity index (χ2v) is 11.4. The average Bonchev–Trinajstić information content (AvgIpc) is 3.03. The third kappa shape index (κ3) is 6.61. The highest BCUT2D eigenvalue weighted by Crippen LogP contribution is 2.34. The number of aromatic nitrogens is 5. The van der Waals surface area contributed by atoms with E-state index in [1.165, 1.54) is 17.4 Å². The molecule has 0 bridgehead atoms. The molecule has 4 aromatic rings. The number of nitrogens with one attached hydrogen (secondary N) is 1. The molecular weight excluding hydrogens is 641 g/mol. The number of nitrogens with zero attached hydrogens (tertiary/aromatic N) is 7. The van der Waals surface area contributed by atoms with Crippen molar-refractivity contribution in [3.63, 3.8) is 0 Å². The fourth-order valence-corrected chi connectivity index (χ4v) is 5.53. The summed E-state index contributed by atoms with van der Waals surface area (Å²) in [6.07, 6.45) is 0.383. The van der Waals surface area contributed by atoms with Gasteiger partial charge in [-0.15, -0.1) is 0 Å². The number of amides is 2. The minimum Gasteiger partial charge on any atom is -0.504 e. The Labute approximate surface area is 271 Å². The Bertz CT molecular complexity index is 1990. The quantitative estimate of drug-likeness (QED) is 0.291. The maximum absolute atomic E-state index is 14.1. The first kappa shape index (κ1) is 33.3. The van der Waals surface area contributed by atoms with Crippen LogP contribution in [-0.2, 0) is 23.9 Å². The predicted molar refractivity (Wildman–Crippen MR) is 170 cm³/mol. The molecule has 3 aromatic heterocycles. The van der Waals surface area contributed by atoms with Crippen molar-refractivity contribution in [1.29, 1.82) is 0 Å². The molecule has 1 aliphatic heterocycles. The zero-order chi connectivity index (χ0) is 34.2. The van der Waals surface area contributed by atoms with Crippen LogP contribution in [0.25, 0.3) is 16.7 Å². The van der Waals surface area contributed by atoms with Crippen LogP contribution in [0.4, 0.5) is 24.7 Å². The average molecular weight is 671 g/mol. The van der Waals surface area contributed by atoms with Crippen molar-refractivity contribution in [2.45, 2.75) is 39.4 Å². The summed E-state index contributed by atoms with van der Waals surface area (Å²) < 4.78 is 40.9. The number of carbonyl (C=O) groups is 2. The summed E-state index contributed by atoms with van der Waals surface area (Å²) >= 11 is 6.07. The third-order valence-electron chi connectivity index (χ3n) is 7.74. The Kier molecular flexibility index (Phi) is 9.20. The van der Waals surface area contributed by atoms with E-state index >= 15 is 0 Å². The topological polar surface area (TPSA) is 146 Å². The smallest absolute Gasteiger partial charge is 0.416 e. The van der Waals surface area contributed by atoms with Gasteiger partial charge in [0.05, 0.1) is 28.2 Å². The van der Waals surface area contributed by atoms with Crippen LogP contribution in [-0.4, -0.2) is 73.5 Å². The molecular formula is C31H30ClF3N8O4. The Morgan fingerprint density at radius 1 is 1.17 bits per heavy atom. The van der Waals surface area contributed by atoms with Crippen LogP contribution in [0.5, 0.6) is 5.75 Å². The standard InChI is InChI=1S/C31H30ClF3N8O4/c1-5-21-24(17-8-10-42(11-9-17)30(47)26-27(45)16(2)37-15-38-26)28(46)25-29(36-13-22(40-25)41(3)4)43(21)14-23(44)39-20-7-6-18(12-19(20)32)31(33,34)35/h6-8,12-13,15,45H,5,9-11,14H2,1-4H3,(H,39,44). The molecule has 16 heteroatoms. The lowest BCUT2D eigenvalue weighted by Gasteiger charge is -2.28. The van der Waals surface area contributed by atoms with Crippen molar-refractivity contribution >= 4 is 51.7 Å². The number of anilines is 2. The monoisotopic (exact) mass is 670 g/mol. The van der Waals surface area contributed by atoms with Crippen molar-refractivity contribution in [3.8, 4) is 5.75 Å². The van der Waals surface area contributed by atoms with Crippen molar-refractivity contribution < 1.29 is 27.9 Å². The second-order valence-electron chi connectivity index (χ2n) is 11.0. The number of fused-ring (bicyclic) bond motifs is 1.